The summed E-state index contributed by atoms with van der Waals surface area (Å²) in [7, 11) is 0. The van der Waals surface area contributed by atoms with Gasteiger partial charge in [0.1, 0.15) is 0 Å². The molecule has 1 amide bonds. The van der Waals surface area contributed by atoms with E-state index in [-0.39, 0.29) is 18.3 Å². The van der Waals surface area contributed by atoms with Crippen LogP contribution in [0.4, 0.5) is 5.69 Å². The first kappa shape index (κ1) is 22.1. The minimum atomic E-state index is 0. The van der Waals surface area contributed by atoms with Gasteiger partial charge >= 0.3 is 0 Å². The van der Waals surface area contributed by atoms with Crippen LogP contribution in [0.1, 0.15) is 28.1 Å². The standard InChI is InChI=1S/C25H29N3OS.ClH/c29-25(28-12-4-5-13-28)24-19-21-22(9-6-10-23(21)30-24)27-17-15-26(16-18-27)14-11-20-7-2-1-3-8-20;/h1-3,6-10,19H,4-5,11-18H2;1H. The molecule has 164 valence electrons. The lowest BCUT2D eigenvalue weighted by Gasteiger charge is -2.36. The fourth-order valence-electron chi connectivity index (χ4n) is 4.65. The molecule has 0 unspecified atom stereocenters. The van der Waals surface area contributed by atoms with Gasteiger partial charge in [0.15, 0.2) is 0 Å². The summed E-state index contributed by atoms with van der Waals surface area (Å²) in [4.78, 5) is 20.8. The van der Waals surface area contributed by atoms with Crippen LogP contribution >= 0.6 is 23.7 Å². The quantitative estimate of drug-likeness (QED) is 0.546. The molecule has 0 bridgehead atoms. The van der Waals surface area contributed by atoms with Gasteiger partial charge in [0.05, 0.1) is 4.88 Å². The summed E-state index contributed by atoms with van der Waals surface area (Å²) in [5.41, 5.74) is 2.70. The van der Waals surface area contributed by atoms with Crippen LogP contribution in [0.5, 0.6) is 0 Å². The number of nitrogens with zero attached hydrogens (tertiary/aromatic N) is 3. The fourth-order valence-corrected chi connectivity index (χ4v) is 5.70. The molecular weight excluding hydrogens is 426 g/mol. The van der Waals surface area contributed by atoms with Gasteiger partial charge in [-0.05, 0) is 43.0 Å². The number of anilines is 1. The molecule has 2 fully saturated rings. The van der Waals surface area contributed by atoms with Crippen molar-refractivity contribution >= 4 is 45.4 Å². The molecule has 6 heteroatoms. The Morgan fingerprint density at radius 3 is 2.35 bits per heavy atom. The molecule has 0 aliphatic carbocycles. The second kappa shape index (κ2) is 10.0. The van der Waals surface area contributed by atoms with Crippen molar-refractivity contribution in [1.29, 1.82) is 0 Å². The number of halogens is 1. The first-order valence-electron chi connectivity index (χ1n) is 11.1. The summed E-state index contributed by atoms with van der Waals surface area (Å²) < 4.78 is 1.22. The van der Waals surface area contributed by atoms with E-state index in [0.717, 1.165) is 70.0 Å². The molecule has 3 aromatic rings. The molecular formula is C25H30ClN3OS. The number of carbonyl (C=O) groups excluding carboxylic acids is 1. The first-order chi connectivity index (χ1) is 14.8. The van der Waals surface area contributed by atoms with Crippen LogP contribution in [-0.4, -0.2) is 61.5 Å². The van der Waals surface area contributed by atoms with Crippen LogP contribution in [-0.2, 0) is 6.42 Å². The second-order valence-electron chi connectivity index (χ2n) is 8.36. The first-order valence-corrected chi connectivity index (χ1v) is 11.9. The van der Waals surface area contributed by atoms with Crippen molar-refractivity contribution in [3.63, 3.8) is 0 Å². The highest BCUT2D eigenvalue weighted by Crippen LogP contribution is 2.34. The molecule has 4 nitrogen and oxygen atoms in total. The minimum Gasteiger partial charge on any atom is -0.368 e. The maximum absolute atomic E-state index is 12.9. The number of hydrogen-bond acceptors (Lipinski definition) is 4. The summed E-state index contributed by atoms with van der Waals surface area (Å²) in [6.07, 6.45) is 3.38. The number of piperazine rings is 1. The van der Waals surface area contributed by atoms with E-state index in [1.54, 1.807) is 11.3 Å². The lowest BCUT2D eigenvalue weighted by molar-refractivity contribution is 0.0797. The number of carbonyl (C=O) groups is 1. The molecule has 1 aromatic heterocycles. The summed E-state index contributed by atoms with van der Waals surface area (Å²) in [6.45, 7) is 7.20. The van der Waals surface area contributed by atoms with E-state index in [4.69, 9.17) is 0 Å². The predicted molar refractivity (Wildman–Crippen MR) is 133 cm³/mol. The Bertz CT molecular complexity index is 1010. The van der Waals surface area contributed by atoms with Gasteiger partial charge in [-0.25, -0.2) is 0 Å². The molecule has 2 aromatic carbocycles. The zero-order chi connectivity index (χ0) is 20.3. The molecule has 0 N–H and O–H groups in total. The summed E-state index contributed by atoms with van der Waals surface area (Å²) in [5.74, 6) is 0.213. The molecule has 2 saturated heterocycles. The van der Waals surface area contributed by atoms with Crippen LogP contribution in [0, 0.1) is 0 Å². The van der Waals surface area contributed by atoms with Gasteiger partial charge in [0.2, 0.25) is 0 Å². The zero-order valence-electron chi connectivity index (χ0n) is 17.8. The average molecular weight is 456 g/mol. The van der Waals surface area contributed by atoms with E-state index in [1.165, 1.54) is 21.3 Å². The van der Waals surface area contributed by atoms with Crippen molar-refractivity contribution in [3.8, 4) is 0 Å². The van der Waals surface area contributed by atoms with Crippen LogP contribution in [0.2, 0.25) is 0 Å². The molecule has 2 aliphatic rings. The van der Waals surface area contributed by atoms with Crippen LogP contribution in [0.25, 0.3) is 10.1 Å². The Balaban J connectivity index is 0.00000231. The molecule has 0 spiro atoms. The third kappa shape index (κ3) is 4.89. The highest BCUT2D eigenvalue weighted by Gasteiger charge is 2.23. The van der Waals surface area contributed by atoms with Gasteiger partial charge in [-0.2, -0.15) is 0 Å². The van der Waals surface area contributed by atoms with Crippen LogP contribution in [0.15, 0.2) is 54.6 Å². The fraction of sp³-hybridized carbons (Fsp3) is 0.400. The number of fused-ring (bicyclic) bond motifs is 1. The molecule has 31 heavy (non-hydrogen) atoms. The van der Waals surface area contributed by atoms with Gasteiger partial charge in [-0.3, -0.25) is 9.69 Å². The van der Waals surface area contributed by atoms with Gasteiger partial charge in [0, 0.05) is 61.6 Å². The zero-order valence-corrected chi connectivity index (χ0v) is 19.5. The molecule has 0 saturated carbocycles. The summed E-state index contributed by atoms with van der Waals surface area (Å²) >= 11 is 1.65. The average Bonchev–Trinajstić information content (AvgIpc) is 3.48. The van der Waals surface area contributed by atoms with E-state index < -0.39 is 0 Å². The normalized spacial score (nSPS) is 17.2. The number of amides is 1. The Labute approximate surface area is 194 Å². The van der Waals surface area contributed by atoms with Crippen molar-refractivity contribution < 1.29 is 4.79 Å². The monoisotopic (exact) mass is 455 g/mol. The third-order valence-corrected chi connectivity index (χ3v) is 7.50. The second-order valence-corrected chi connectivity index (χ2v) is 9.45. The van der Waals surface area contributed by atoms with Gasteiger partial charge in [0.25, 0.3) is 5.91 Å². The molecule has 5 rings (SSSR count). The lowest BCUT2D eigenvalue weighted by Crippen LogP contribution is -2.47. The Morgan fingerprint density at radius 1 is 0.871 bits per heavy atom. The number of benzene rings is 2. The number of likely N-dealkylation sites (tertiary alicyclic amines) is 1. The number of rotatable bonds is 5. The Morgan fingerprint density at radius 2 is 1.61 bits per heavy atom. The highest BCUT2D eigenvalue weighted by atomic mass is 35.5. The predicted octanol–water partition coefficient (Wildman–Crippen LogP) is 4.92. The van der Waals surface area contributed by atoms with E-state index in [1.807, 2.05) is 4.90 Å². The Kier molecular flexibility index (Phi) is 7.16. The molecule has 2 aliphatic heterocycles. The van der Waals surface area contributed by atoms with Crippen molar-refractivity contribution in [3.05, 3.63) is 65.0 Å². The maximum Gasteiger partial charge on any atom is 0.263 e. The third-order valence-electron chi connectivity index (χ3n) is 6.42. The van der Waals surface area contributed by atoms with Crippen LogP contribution < -0.4 is 4.90 Å². The molecule has 0 radical (unpaired) electrons. The smallest absolute Gasteiger partial charge is 0.263 e. The van der Waals surface area contributed by atoms with Crippen molar-refractivity contribution in [2.24, 2.45) is 0 Å². The van der Waals surface area contributed by atoms with E-state index in [9.17, 15) is 4.79 Å². The summed E-state index contributed by atoms with van der Waals surface area (Å²) in [5, 5.41) is 1.24. The van der Waals surface area contributed by atoms with E-state index >= 15 is 0 Å². The minimum absolute atomic E-state index is 0. The van der Waals surface area contributed by atoms with Gasteiger partial charge < -0.3 is 9.80 Å². The summed E-state index contributed by atoms with van der Waals surface area (Å²) in [6, 6.07) is 19.4. The van der Waals surface area contributed by atoms with Gasteiger partial charge in [-0.15, -0.1) is 23.7 Å². The lowest BCUT2D eigenvalue weighted by atomic mass is 10.1. The number of hydrogen-bond donors (Lipinski definition) is 0. The van der Waals surface area contributed by atoms with Crippen molar-refractivity contribution in [1.82, 2.24) is 9.80 Å². The van der Waals surface area contributed by atoms with E-state index in [0.29, 0.717) is 0 Å². The maximum atomic E-state index is 12.9. The largest absolute Gasteiger partial charge is 0.368 e. The van der Waals surface area contributed by atoms with E-state index in [2.05, 4.69) is 64.4 Å². The van der Waals surface area contributed by atoms with Crippen molar-refractivity contribution in [2.75, 3.05) is 50.7 Å². The Hall–Kier alpha value is -2.08. The molecule has 0 atom stereocenters. The van der Waals surface area contributed by atoms with Gasteiger partial charge in [-0.1, -0.05) is 36.4 Å². The molecule has 3 heterocycles. The topological polar surface area (TPSA) is 26.8 Å². The van der Waals surface area contributed by atoms with Crippen molar-refractivity contribution in [2.45, 2.75) is 19.3 Å². The SMILES string of the molecule is Cl.O=C(c1cc2c(N3CCN(CCc4ccccc4)CC3)cccc2s1)N1CCCC1. The highest BCUT2D eigenvalue weighted by molar-refractivity contribution is 7.20. The van der Waals surface area contributed by atoms with Crippen LogP contribution in [0.3, 0.4) is 0 Å². The number of thiophene rings is 1.